The smallest absolute Gasteiger partial charge is 0.294 e. The van der Waals surface area contributed by atoms with Crippen LogP contribution in [0, 0.1) is 10.1 Å². The molecule has 1 unspecified atom stereocenters. The molecule has 0 radical (unpaired) electrons. The van der Waals surface area contributed by atoms with Crippen molar-refractivity contribution in [3.05, 3.63) is 74.9 Å². The van der Waals surface area contributed by atoms with Crippen molar-refractivity contribution in [2.24, 2.45) is 4.99 Å². The van der Waals surface area contributed by atoms with Gasteiger partial charge in [0.2, 0.25) is 0 Å². The molecular formula is C21H19N3O4S. The molecule has 0 saturated heterocycles. The Morgan fingerprint density at radius 3 is 2.76 bits per heavy atom. The van der Waals surface area contributed by atoms with Crippen LogP contribution in [0.5, 0.6) is 0 Å². The van der Waals surface area contributed by atoms with E-state index in [0.717, 1.165) is 22.4 Å². The number of aromatic nitrogens is 1. The van der Waals surface area contributed by atoms with Crippen LogP contribution in [-0.4, -0.2) is 23.2 Å². The topological polar surface area (TPSA) is 82.8 Å². The highest BCUT2D eigenvalue weighted by atomic mass is 32.1. The number of nitro benzene ring substituents is 1. The second-order valence-electron chi connectivity index (χ2n) is 6.58. The monoisotopic (exact) mass is 409 g/mol. The van der Waals surface area contributed by atoms with Crippen molar-refractivity contribution in [2.45, 2.75) is 13.0 Å². The largest absolute Gasteiger partial charge is 0.454 e. The van der Waals surface area contributed by atoms with Gasteiger partial charge in [0.1, 0.15) is 11.3 Å². The highest BCUT2D eigenvalue weighted by molar-refractivity contribution is 7.07. The summed E-state index contributed by atoms with van der Waals surface area (Å²) in [4.78, 5) is 16.2. The Kier molecular flexibility index (Phi) is 5.28. The zero-order chi connectivity index (χ0) is 20.4. The Morgan fingerprint density at radius 1 is 1.24 bits per heavy atom. The maximum Gasteiger partial charge on any atom is 0.294 e. The summed E-state index contributed by atoms with van der Waals surface area (Å²) in [7, 11) is 1.64. The molecule has 0 aliphatic heterocycles. The van der Waals surface area contributed by atoms with Gasteiger partial charge in [-0.1, -0.05) is 30.3 Å². The van der Waals surface area contributed by atoms with Gasteiger partial charge < -0.3 is 13.7 Å². The minimum absolute atomic E-state index is 0.0304. The number of thiazole rings is 1. The molecule has 0 N–H and O–H groups in total. The molecule has 2 aromatic carbocycles. The van der Waals surface area contributed by atoms with Crippen LogP contribution in [-0.2, 0) is 4.74 Å². The van der Waals surface area contributed by atoms with E-state index in [2.05, 4.69) is 4.99 Å². The highest BCUT2D eigenvalue weighted by Crippen LogP contribution is 2.31. The highest BCUT2D eigenvalue weighted by Gasteiger charge is 2.18. The summed E-state index contributed by atoms with van der Waals surface area (Å²) < 4.78 is 13.4. The molecule has 29 heavy (non-hydrogen) atoms. The number of furan rings is 1. The predicted molar refractivity (Wildman–Crippen MR) is 112 cm³/mol. The van der Waals surface area contributed by atoms with Gasteiger partial charge in [-0.3, -0.25) is 10.1 Å². The van der Waals surface area contributed by atoms with E-state index in [1.807, 2.05) is 47.2 Å². The number of nitrogens with zero attached hydrogens (tertiary/aromatic N) is 3. The first-order valence-corrected chi connectivity index (χ1v) is 9.92. The van der Waals surface area contributed by atoms with Crippen LogP contribution in [0.4, 0.5) is 11.4 Å². The molecule has 1 atom stereocenters. The molecule has 0 aliphatic carbocycles. The Morgan fingerprint density at radius 2 is 2.00 bits per heavy atom. The minimum atomic E-state index is -0.421. The summed E-state index contributed by atoms with van der Waals surface area (Å²) in [6, 6.07) is 16.2. The van der Waals surface area contributed by atoms with Crippen LogP contribution < -0.4 is 4.80 Å². The standard InChI is InChI=1S/C21H19N3O4S/c1-14(12-27-2)23-18(20-11-15-7-3-6-10-19(15)28-20)13-29-21(23)22-16-8-4-5-9-17(16)24(25)26/h3-11,13-14H,12H2,1-2H3. The van der Waals surface area contributed by atoms with E-state index < -0.39 is 4.92 Å². The SMILES string of the molecule is COCC(C)n1c(-c2cc3ccccc3o2)csc1=Nc1ccccc1[N+](=O)[O-]. The van der Waals surface area contributed by atoms with Crippen LogP contribution in [0.15, 0.2) is 69.4 Å². The Hall–Kier alpha value is -3.23. The number of methoxy groups -OCH3 is 1. The van der Waals surface area contributed by atoms with Crippen molar-refractivity contribution in [3.8, 4) is 11.5 Å². The number of fused-ring (bicyclic) bond motifs is 1. The van der Waals surface area contributed by atoms with Crippen molar-refractivity contribution >= 4 is 33.7 Å². The van der Waals surface area contributed by atoms with Gasteiger partial charge in [-0.25, -0.2) is 4.99 Å². The van der Waals surface area contributed by atoms with Crippen molar-refractivity contribution in [2.75, 3.05) is 13.7 Å². The predicted octanol–water partition coefficient (Wildman–Crippen LogP) is 5.31. The van der Waals surface area contributed by atoms with Gasteiger partial charge in [-0.15, -0.1) is 11.3 Å². The third-order valence-corrected chi connectivity index (χ3v) is 5.40. The lowest BCUT2D eigenvalue weighted by Crippen LogP contribution is -2.22. The van der Waals surface area contributed by atoms with Gasteiger partial charge in [-0.05, 0) is 25.1 Å². The zero-order valence-corrected chi connectivity index (χ0v) is 16.8. The van der Waals surface area contributed by atoms with Crippen LogP contribution in [0.25, 0.3) is 22.4 Å². The second-order valence-corrected chi connectivity index (χ2v) is 7.42. The van der Waals surface area contributed by atoms with Gasteiger partial charge in [-0.2, -0.15) is 0 Å². The molecule has 0 amide bonds. The molecule has 2 heterocycles. The lowest BCUT2D eigenvalue weighted by Gasteiger charge is -2.15. The van der Waals surface area contributed by atoms with Crippen LogP contribution >= 0.6 is 11.3 Å². The summed E-state index contributed by atoms with van der Waals surface area (Å²) in [6.45, 7) is 2.48. The first-order chi connectivity index (χ1) is 14.1. The van der Waals surface area contributed by atoms with E-state index in [4.69, 9.17) is 9.15 Å². The number of rotatable bonds is 6. The van der Waals surface area contributed by atoms with E-state index in [0.29, 0.717) is 17.1 Å². The molecule has 7 nitrogen and oxygen atoms in total. The number of hydrogen-bond donors (Lipinski definition) is 0. The number of nitro groups is 1. The second kappa shape index (κ2) is 8.02. The molecule has 4 aromatic rings. The fourth-order valence-corrected chi connectivity index (χ4v) is 4.24. The molecule has 2 aromatic heterocycles. The Labute approximate surface area is 170 Å². The lowest BCUT2D eigenvalue weighted by molar-refractivity contribution is -0.384. The number of benzene rings is 2. The third-order valence-electron chi connectivity index (χ3n) is 4.56. The molecule has 8 heteroatoms. The van der Waals surface area contributed by atoms with E-state index in [9.17, 15) is 10.1 Å². The van der Waals surface area contributed by atoms with Crippen LogP contribution in [0.2, 0.25) is 0 Å². The van der Waals surface area contributed by atoms with E-state index in [1.165, 1.54) is 17.4 Å². The molecule has 0 spiro atoms. The van der Waals surface area contributed by atoms with Gasteiger partial charge >= 0.3 is 0 Å². The normalized spacial score (nSPS) is 13.1. The lowest BCUT2D eigenvalue weighted by atomic mass is 10.2. The van der Waals surface area contributed by atoms with Gasteiger partial charge in [0, 0.05) is 23.9 Å². The van der Waals surface area contributed by atoms with Crippen molar-refractivity contribution in [1.29, 1.82) is 0 Å². The molecular weight excluding hydrogens is 390 g/mol. The number of ether oxygens (including phenoxy) is 1. The fraction of sp³-hybridized carbons (Fsp3) is 0.190. The molecule has 0 bridgehead atoms. The first kappa shape index (κ1) is 19.1. The molecule has 0 aliphatic rings. The zero-order valence-electron chi connectivity index (χ0n) is 15.9. The van der Waals surface area contributed by atoms with Crippen molar-refractivity contribution in [1.82, 2.24) is 4.57 Å². The Balaban J connectivity index is 1.91. The minimum Gasteiger partial charge on any atom is -0.454 e. The Bertz CT molecular complexity index is 1200. The average molecular weight is 409 g/mol. The summed E-state index contributed by atoms with van der Waals surface area (Å²) in [5, 5.41) is 14.3. The van der Waals surface area contributed by atoms with Gasteiger partial charge in [0.05, 0.1) is 23.3 Å². The van der Waals surface area contributed by atoms with E-state index in [-0.39, 0.29) is 11.7 Å². The fourth-order valence-electron chi connectivity index (χ4n) is 3.25. The third kappa shape index (κ3) is 3.72. The van der Waals surface area contributed by atoms with Crippen LogP contribution in [0.3, 0.4) is 0 Å². The summed E-state index contributed by atoms with van der Waals surface area (Å²) in [5.74, 6) is 0.717. The van der Waals surface area contributed by atoms with Crippen molar-refractivity contribution < 1.29 is 14.1 Å². The first-order valence-electron chi connectivity index (χ1n) is 9.04. The quantitative estimate of drug-likeness (QED) is 0.319. The maximum atomic E-state index is 11.4. The summed E-state index contributed by atoms with van der Waals surface area (Å²) in [5.41, 5.74) is 1.94. The summed E-state index contributed by atoms with van der Waals surface area (Å²) >= 11 is 1.41. The average Bonchev–Trinajstić information content (AvgIpc) is 3.32. The molecule has 0 saturated carbocycles. The summed E-state index contributed by atoms with van der Waals surface area (Å²) in [6.07, 6.45) is 0. The maximum absolute atomic E-state index is 11.4. The van der Waals surface area contributed by atoms with Crippen molar-refractivity contribution in [3.63, 3.8) is 0 Å². The number of para-hydroxylation sites is 3. The van der Waals surface area contributed by atoms with E-state index >= 15 is 0 Å². The number of hydrogen-bond acceptors (Lipinski definition) is 6. The van der Waals surface area contributed by atoms with Crippen LogP contribution in [0.1, 0.15) is 13.0 Å². The van der Waals surface area contributed by atoms with Gasteiger partial charge in [0.25, 0.3) is 5.69 Å². The molecule has 148 valence electrons. The molecule has 0 fully saturated rings. The van der Waals surface area contributed by atoms with Gasteiger partial charge in [0.15, 0.2) is 10.6 Å². The van der Waals surface area contributed by atoms with E-state index in [1.54, 1.807) is 25.3 Å². The molecule has 4 rings (SSSR count).